The van der Waals surface area contributed by atoms with Gasteiger partial charge in [-0.05, 0) is 32.0 Å². The molecule has 2 nitrogen and oxygen atoms in total. The van der Waals surface area contributed by atoms with Gasteiger partial charge in [-0.1, -0.05) is 12.1 Å². The number of nitrogens with one attached hydrogen (secondary N) is 1. The third kappa shape index (κ3) is 1.89. The Kier molecular flexibility index (Phi) is 3.10. The van der Waals surface area contributed by atoms with E-state index in [0.29, 0.717) is 25.9 Å². The van der Waals surface area contributed by atoms with Crippen LogP contribution in [0.1, 0.15) is 18.4 Å². The van der Waals surface area contributed by atoms with Gasteiger partial charge in [-0.25, -0.2) is 8.78 Å². The fraction of sp³-hybridized carbons (Fsp3) is 0.500. The third-order valence-corrected chi connectivity index (χ3v) is 3.06. The predicted octanol–water partition coefficient (Wildman–Crippen LogP) is 2.38. The van der Waals surface area contributed by atoms with Crippen molar-refractivity contribution in [1.29, 1.82) is 0 Å². The number of hydrogen-bond donors (Lipinski definition) is 1. The van der Waals surface area contributed by atoms with Crippen LogP contribution in [0.15, 0.2) is 18.2 Å². The monoisotopic (exact) mass is 227 g/mol. The van der Waals surface area contributed by atoms with E-state index in [1.165, 1.54) is 19.2 Å². The molecular formula is C12H15F2NO. The second kappa shape index (κ2) is 4.37. The zero-order valence-corrected chi connectivity index (χ0v) is 9.22. The topological polar surface area (TPSA) is 21.3 Å². The molecule has 1 aliphatic rings. The van der Waals surface area contributed by atoms with E-state index in [4.69, 9.17) is 4.74 Å². The van der Waals surface area contributed by atoms with Crippen molar-refractivity contribution in [1.82, 2.24) is 5.32 Å². The zero-order chi connectivity index (χ0) is 11.6. The van der Waals surface area contributed by atoms with Crippen LogP contribution in [-0.2, 0) is 5.67 Å². The lowest BCUT2D eigenvalue weighted by atomic mass is 9.86. The van der Waals surface area contributed by atoms with Gasteiger partial charge in [-0.2, -0.15) is 0 Å². The Labute approximate surface area is 93.6 Å². The van der Waals surface area contributed by atoms with E-state index < -0.39 is 11.5 Å². The fourth-order valence-electron chi connectivity index (χ4n) is 2.11. The number of piperidine rings is 1. The van der Waals surface area contributed by atoms with Gasteiger partial charge >= 0.3 is 0 Å². The molecule has 1 N–H and O–H groups in total. The molecule has 0 atom stereocenters. The molecule has 1 aliphatic heterocycles. The molecule has 1 fully saturated rings. The van der Waals surface area contributed by atoms with Gasteiger partial charge < -0.3 is 10.1 Å². The average molecular weight is 227 g/mol. The van der Waals surface area contributed by atoms with Crippen LogP contribution in [0.2, 0.25) is 0 Å². The maximum atomic E-state index is 14.5. The Bertz CT molecular complexity index is 375. The summed E-state index contributed by atoms with van der Waals surface area (Å²) < 4.78 is 33.3. The van der Waals surface area contributed by atoms with E-state index >= 15 is 0 Å². The van der Waals surface area contributed by atoms with Crippen LogP contribution in [0.3, 0.4) is 0 Å². The van der Waals surface area contributed by atoms with Crippen LogP contribution in [-0.4, -0.2) is 20.2 Å². The van der Waals surface area contributed by atoms with Gasteiger partial charge in [-0.3, -0.25) is 0 Å². The van der Waals surface area contributed by atoms with E-state index in [9.17, 15) is 8.78 Å². The second-order valence-corrected chi connectivity index (χ2v) is 4.04. The minimum absolute atomic E-state index is 0.105. The maximum absolute atomic E-state index is 14.5. The molecule has 1 heterocycles. The molecule has 0 saturated carbocycles. The molecule has 0 aliphatic carbocycles. The van der Waals surface area contributed by atoms with Crippen molar-refractivity contribution < 1.29 is 13.5 Å². The molecule has 4 heteroatoms. The maximum Gasteiger partial charge on any atom is 0.171 e. The van der Waals surface area contributed by atoms with Crippen LogP contribution < -0.4 is 10.1 Å². The molecule has 2 rings (SSSR count). The summed E-state index contributed by atoms with van der Waals surface area (Å²) in [5, 5.41) is 3.06. The van der Waals surface area contributed by atoms with E-state index in [2.05, 4.69) is 5.32 Å². The minimum atomic E-state index is -1.57. The van der Waals surface area contributed by atoms with Crippen LogP contribution in [0.5, 0.6) is 5.75 Å². The smallest absolute Gasteiger partial charge is 0.171 e. The lowest BCUT2D eigenvalue weighted by Crippen LogP contribution is -2.37. The van der Waals surface area contributed by atoms with Crippen molar-refractivity contribution >= 4 is 0 Å². The second-order valence-electron chi connectivity index (χ2n) is 4.04. The molecule has 0 amide bonds. The van der Waals surface area contributed by atoms with Gasteiger partial charge in [-0.15, -0.1) is 0 Å². The first-order valence-corrected chi connectivity index (χ1v) is 5.40. The highest BCUT2D eigenvalue weighted by Crippen LogP contribution is 2.38. The van der Waals surface area contributed by atoms with E-state index in [1.54, 1.807) is 6.07 Å². The summed E-state index contributed by atoms with van der Waals surface area (Å²) in [7, 11) is 1.38. The van der Waals surface area contributed by atoms with Crippen molar-refractivity contribution in [3.63, 3.8) is 0 Å². The van der Waals surface area contributed by atoms with E-state index in [0.717, 1.165) is 0 Å². The van der Waals surface area contributed by atoms with Crippen LogP contribution in [0.4, 0.5) is 8.78 Å². The van der Waals surface area contributed by atoms with Crippen molar-refractivity contribution in [2.45, 2.75) is 18.5 Å². The zero-order valence-electron chi connectivity index (χ0n) is 9.22. The number of methoxy groups -OCH3 is 1. The number of rotatable bonds is 2. The average Bonchev–Trinajstić information content (AvgIpc) is 2.30. The Balaban J connectivity index is 2.38. The number of alkyl halides is 1. The molecule has 0 aromatic heterocycles. The van der Waals surface area contributed by atoms with Gasteiger partial charge in [0, 0.05) is 5.56 Å². The van der Waals surface area contributed by atoms with Gasteiger partial charge in [0.05, 0.1) is 7.11 Å². The van der Waals surface area contributed by atoms with Gasteiger partial charge in [0.2, 0.25) is 0 Å². The van der Waals surface area contributed by atoms with Crippen LogP contribution >= 0.6 is 0 Å². The standard InChI is InChI=1S/C12H15F2NO/c1-16-10-4-2-3-9(11(10)13)12(14)5-7-15-8-6-12/h2-4,15H,5-8H2,1H3. The van der Waals surface area contributed by atoms with E-state index in [1.807, 2.05) is 0 Å². The Morgan fingerprint density at radius 3 is 2.62 bits per heavy atom. The first-order valence-electron chi connectivity index (χ1n) is 5.40. The highest BCUT2D eigenvalue weighted by atomic mass is 19.1. The predicted molar refractivity (Wildman–Crippen MR) is 57.8 cm³/mol. The normalized spacial score (nSPS) is 19.4. The largest absolute Gasteiger partial charge is 0.494 e. The molecule has 1 saturated heterocycles. The van der Waals surface area contributed by atoms with Crippen molar-refractivity contribution in [2.75, 3.05) is 20.2 Å². The first-order chi connectivity index (χ1) is 7.67. The highest BCUT2D eigenvalue weighted by Gasteiger charge is 2.36. The summed E-state index contributed by atoms with van der Waals surface area (Å²) in [4.78, 5) is 0. The summed E-state index contributed by atoms with van der Waals surface area (Å²) in [6, 6.07) is 4.63. The summed E-state index contributed by atoms with van der Waals surface area (Å²) in [6.07, 6.45) is 0.605. The molecular weight excluding hydrogens is 212 g/mol. The molecule has 0 bridgehead atoms. The fourth-order valence-corrected chi connectivity index (χ4v) is 2.11. The van der Waals surface area contributed by atoms with Gasteiger partial charge in [0.1, 0.15) is 5.67 Å². The molecule has 0 unspecified atom stereocenters. The van der Waals surface area contributed by atoms with Crippen molar-refractivity contribution in [3.8, 4) is 5.75 Å². The lowest BCUT2D eigenvalue weighted by molar-refractivity contribution is 0.109. The van der Waals surface area contributed by atoms with Crippen LogP contribution in [0.25, 0.3) is 0 Å². The van der Waals surface area contributed by atoms with E-state index in [-0.39, 0.29) is 11.3 Å². The van der Waals surface area contributed by atoms with Gasteiger partial charge in [0.25, 0.3) is 0 Å². The summed E-state index contributed by atoms with van der Waals surface area (Å²) in [5.74, 6) is -0.470. The molecule has 88 valence electrons. The number of benzene rings is 1. The van der Waals surface area contributed by atoms with Gasteiger partial charge in [0.15, 0.2) is 11.6 Å². The Morgan fingerprint density at radius 2 is 2.00 bits per heavy atom. The first kappa shape index (κ1) is 11.3. The molecule has 16 heavy (non-hydrogen) atoms. The van der Waals surface area contributed by atoms with Crippen LogP contribution in [0, 0.1) is 5.82 Å². The molecule has 1 aromatic rings. The quantitative estimate of drug-likeness (QED) is 0.837. The SMILES string of the molecule is COc1cccc(C2(F)CCNCC2)c1F. The lowest BCUT2D eigenvalue weighted by Gasteiger charge is -2.30. The molecule has 1 aromatic carbocycles. The minimum Gasteiger partial charge on any atom is -0.494 e. The number of ether oxygens (including phenoxy) is 1. The Morgan fingerprint density at radius 1 is 1.31 bits per heavy atom. The summed E-state index contributed by atoms with van der Waals surface area (Å²) >= 11 is 0. The Hall–Kier alpha value is -1.16. The molecule has 0 radical (unpaired) electrons. The highest BCUT2D eigenvalue weighted by molar-refractivity contribution is 5.35. The summed E-state index contributed by atoms with van der Waals surface area (Å²) in [6.45, 7) is 1.15. The number of hydrogen-bond acceptors (Lipinski definition) is 2. The number of halogens is 2. The third-order valence-electron chi connectivity index (χ3n) is 3.06. The van der Waals surface area contributed by atoms with Crippen molar-refractivity contribution in [3.05, 3.63) is 29.6 Å². The summed E-state index contributed by atoms with van der Waals surface area (Å²) in [5.41, 5.74) is -1.45. The molecule has 0 spiro atoms. The van der Waals surface area contributed by atoms with Crippen molar-refractivity contribution in [2.24, 2.45) is 0 Å².